The van der Waals surface area contributed by atoms with Crippen molar-refractivity contribution >= 4 is 21.8 Å². The van der Waals surface area contributed by atoms with Crippen molar-refractivity contribution in [2.45, 2.75) is 51.0 Å². The van der Waals surface area contributed by atoms with Crippen LogP contribution in [0.2, 0.25) is 0 Å². The maximum Gasteiger partial charge on any atom is 0.282 e. The molecule has 1 atom stereocenters. The first-order valence-electron chi connectivity index (χ1n) is 6.99. The van der Waals surface area contributed by atoms with Gasteiger partial charge < -0.3 is 0 Å². The van der Waals surface area contributed by atoms with Crippen LogP contribution in [0.3, 0.4) is 0 Å². The van der Waals surface area contributed by atoms with E-state index in [4.69, 9.17) is 11.6 Å². The number of hydrogen-bond acceptors (Lipinski definition) is 2. The fourth-order valence-corrected chi connectivity index (χ4v) is 5.08. The molecule has 0 amide bonds. The Kier molecular flexibility index (Phi) is 5.30. The van der Waals surface area contributed by atoms with Crippen LogP contribution >= 0.6 is 11.6 Å². The highest BCUT2D eigenvalue weighted by molar-refractivity contribution is 7.86. The molecule has 6 heteroatoms. The molecule has 2 fully saturated rings. The lowest BCUT2D eigenvalue weighted by molar-refractivity contribution is 0.289. The topological polar surface area (TPSA) is 40.6 Å². The molecule has 2 rings (SSSR count). The molecule has 2 aliphatic rings. The van der Waals surface area contributed by atoms with Crippen LogP contribution in [-0.4, -0.2) is 48.6 Å². The van der Waals surface area contributed by atoms with Crippen molar-refractivity contribution in [2.24, 2.45) is 0 Å². The summed E-state index contributed by atoms with van der Waals surface area (Å²) in [4.78, 5) is 0. The molecule has 0 radical (unpaired) electrons. The van der Waals surface area contributed by atoms with Gasteiger partial charge in [-0.05, 0) is 38.5 Å². The summed E-state index contributed by atoms with van der Waals surface area (Å²) in [5.41, 5.74) is 0. The van der Waals surface area contributed by atoms with Gasteiger partial charge in [0, 0.05) is 31.6 Å². The van der Waals surface area contributed by atoms with Crippen molar-refractivity contribution in [1.82, 2.24) is 8.61 Å². The Balaban J connectivity index is 2.03. The zero-order valence-corrected chi connectivity index (χ0v) is 12.4. The number of piperidine rings is 1. The fourth-order valence-electron chi connectivity index (χ4n) is 2.96. The SMILES string of the molecule is O=S(=O)(N1CCCCC1)N1CCCC1CCCCl. The van der Waals surface area contributed by atoms with E-state index in [1.807, 2.05) is 0 Å². The van der Waals surface area contributed by atoms with Crippen LogP contribution in [-0.2, 0) is 10.2 Å². The van der Waals surface area contributed by atoms with E-state index in [1.54, 1.807) is 8.61 Å². The molecular formula is C12H23ClN2O2S. The first-order valence-corrected chi connectivity index (χ1v) is 8.92. The van der Waals surface area contributed by atoms with E-state index in [1.165, 1.54) is 0 Å². The smallest absolute Gasteiger partial charge is 0.195 e. The molecule has 2 saturated heterocycles. The van der Waals surface area contributed by atoms with Gasteiger partial charge in [-0.3, -0.25) is 0 Å². The molecule has 0 aromatic rings. The third kappa shape index (κ3) is 3.18. The van der Waals surface area contributed by atoms with Gasteiger partial charge in [0.1, 0.15) is 0 Å². The minimum absolute atomic E-state index is 0.177. The second-order valence-corrected chi connectivity index (χ2v) is 7.46. The Bertz CT molecular complexity index is 355. The summed E-state index contributed by atoms with van der Waals surface area (Å²) in [6.07, 6.45) is 6.93. The number of rotatable bonds is 5. The summed E-state index contributed by atoms with van der Waals surface area (Å²) in [6.45, 7) is 2.08. The van der Waals surface area contributed by atoms with Gasteiger partial charge in [-0.25, -0.2) is 0 Å². The van der Waals surface area contributed by atoms with E-state index in [0.29, 0.717) is 25.5 Å². The van der Waals surface area contributed by atoms with Gasteiger partial charge in [0.2, 0.25) is 0 Å². The third-order valence-corrected chi connectivity index (χ3v) is 6.29. The molecule has 0 aromatic carbocycles. The molecule has 1 unspecified atom stereocenters. The van der Waals surface area contributed by atoms with E-state index < -0.39 is 10.2 Å². The van der Waals surface area contributed by atoms with E-state index in [-0.39, 0.29) is 6.04 Å². The van der Waals surface area contributed by atoms with Crippen LogP contribution < -0.4 is 0 Å². The maximum atomic E-state index is 12.6. The van der Waals surface area contributed by atoms with Gasteiger partial charge in [-0.2, -0.15) is 17.0 Å². The zero-order valence-electron chi connectivity index (χ0n) is 10.9. The quantitative estimate of drug-likeness (QED) is 0.729. The summed E-state index contributed by atoms with van der Waals surface area (Å²) in [5.74, 6) is 0.619. The van der Waals surface area contributed by atoms with Crippen LogP contribution in [0.4, 0.5) is 0 Å². The predicted molar refractivity (Wildman–Crippen MR) is 74.0 cm³/mol. The van der Waals surface area contributed by atoms with Crippen molar-refractivity contribution < 1.29 is 8.42 Å². The molecule has 0 N–H and O–H groups in total. The Morgan fingerprint density at radius 3 is 2.44 bits per heavy atom. The van der Waals surface area contributed by atoms with Crippen molar-refractivity contribution in [3.05, 3.63) is 0 Å². The molecular weight excluding hydrogens is 272 g/mol. The summed E-state index contributed by atoms with van der Waals surface area (Å²) >= 11 is 5.71. The normalized spacial score (nSPS) is 27.7. The first kappa shape index (κ1) is 14.6. The minimum Gasteiger partial charge on any atom is -0.195 e. The highest BCUT2D eigenvalue weighted by Crippen LogP contribution is 2.27. The fraction of sp³-hybridized carbons (Fsp3) is 1.00. The lowest BCUT2D eigenvalue weighted by Gasteiger charge is -2.33. The van der Waals surface area contributed by atoms with Gasteiger partial charge in [0.25, 0.3) is 10.2 Å². The number of halogens is 1. The van der Waals surface area contributed by atoms with E-state index >= 15 is 0 Å². The summed E-state index contributed by atoms with van der Waals surface area (Å²) in [5, 5.41) is 0. The van der Waals surface area contributed by atoms with Crippen LogP contribution in [0, 0.1) is 0 Å². The molecule has 0 saturated carbocycles. The zero-order chi connectivity index (χ0) is 13.0. The average Bonchev–Trinajstić information content (AvgIpc) is 2.86. The van der Waals surface area contributed by atoms with Gasteiger partial charge in [-0.15, -0.1) is 11.6 Å². The molecule has 0 spiro atoms. The standard InChI is InChI=1S/C12H23ClN2O2S/c13-8-4-6-12-7-5-11-15(12)18(16,17)14-9-2-1-3-10-14/h12H,1-11H2. The molecule has 2 heterocycles. The molecule has 0 aliphatic carbocycles. The lowest BCUT2D eigenvalue weighted by Crippen LogP contribution is -2.47. The summed E-state index contributed by atoms with van der Waals surface area (Å²) in [7, 11) is -3.22. The second-order valence-electron chi connectivity index (χ2n) is 5.21. The summed E-state index contributed by atoms with van der Waals surface area (Å²) in [6, 6.07) is 0.177. The van der Waals surface area contributed by atoms with E-state index in [0.717, 1.165) is 44.9 Å². The number of alkyl halides is 1. The molecule has 0 bridgehead atoms. The molecule has 106 valence electrons. The maximum absolute atomic E-state index is 12.6. The number of nitrogens with zero attached hydrogens (tertiary/aromatic N) is 2. The van der Waals surface area contributed by atoms with Crippen LogP contribution in [0.1, 0.15) is 44.9 Å². The van der Waals surface area contributed by atoms with Gasteiger partial charge in [0.15, 0.2) is 0 Å². The molecule has 18 heavy (non-hydrogen) atoms. The average molecular weight is 295 g/mol. The van der Waals surface area contributed by atoms with Crippen molar-refractivity contribution in [1.29, 1.82) is 0 Å². The van der Waals surface area contributed by atoms with Crippen molar-refractivity contribution in [2.75, 3.05) is 25.5 Å². The monoisotopic (exact) mass is 294 g/mol. The van der Waals surface area contributed by atoms with Gasteiger partial charge >= 0.3 is 0 Å². The van der Waals surface area contributed by atoms with Gasteiger partial charge in [0.05, 0.1) is 0 Å². The van der Waals surface area contributed by atoms with Crippen LogP contribution in [0.25, 0.3) is 0 Å². The Labute approximate surface area is 115 Å². The first-order chi connectivity index (χ1) is 8.66. The lowest BCUT2D eigenvalue weighted by atomic mass is 10.1. The largest absolute Gasteiger partial charge is 0.282 e. The Hall–Kier alpha value is 0.160. The Morgan fingerprint density at radius 1 is 1.06 bits per heavy atom. The van der Waals surface area contributed by atoms with Crippen LogP contribution in [0.15, 0.2) is 0 Å². The Morgan fingerprint density at radius 2 is 1.78 bits per heavy atom. The highest BCUT2D eigenvalue weighted by atomic mass is 35.5. The molecule has 0 aromatic heterocycles. The molecule has 4 nitrogen and oxygen atoms in total. The minimum atomic E-state index is -3.22. The van der Waals surface area contributed by atoms with Crippen LogP contribution in [0.5, 0.6) is 0 Å². The van der Waals surface area contributed by atoms with E-state index in [2.05, 4.69) is 0 Å². The predicted octanol–water partition coefficient (Wildman–Crippen LogP) is 2.20. The molecule has 2 aliphatic heterocycles. The van der Waals surface area contributed by atoms with Crippen molar-refractivity contribution in [3.8, 4) is 0 Å². The number of hydrogen-bond donors (Lipinski definition) is 0. The van der Waals surface area contributed by atoms with E-state index in [9.17, 15) is 8.42 Å². The van der Waals surface area contributed by atoms with Crippen molar-refractivity contribution in [3.63, 3.8) is 0 Å². The van der Waals surface area contributed by atoms with Gasteiger partial charge in [-0.1, -0.05) is 6.42 Å². The second kappa shape index (κ2) is 6.55. The summed E-state index contributed by atoms with van der Waals surface area (Å²) < 4.78 is 28.6. The third-order valence-electron chi connectivity index (χ3n) is 3.93. The highest BCUT2D eigenvalue weighted by Gasteiger charge is 2.37.